The molecule has 0 aromatic heterocycles. The highest BCUT2D eigenvalue weighted by molar-refractivity contribution is 6.30. The molecule has 0 saturated heterocycles. The summed E-state index contributed by atoms with van der Waals surface area (Å²) in [6, 6.07) is 6.75. The number of benzene rings is 2. The Morgan fingerprint density at radius 2 is 1.68 bits per heavy atom. The van der Waals surface area contributed by atoms with Gasteiger partial charge in [-0.25, -0.2) is 13.2 Å². The van der Waals surface area contributed by atoms with E-state index in [-0.39, 0.29) is 22.6 Å². The minimum atomic E-state index is -1.11. The summed E-state index contributed by atoms with van der Waals surface area (Å²) in [5.41, 5.74) is 0.146. The molecule has 0 amide bonds. The maximum absolute atomic E-state index is 13.5. The van der Waals surface area contributed by atoms with Gasteiger partial charge in [-0.15, -0.1) is 0 Å². The summed E-state index contributed by atoms with van der Waals surface area (Å²) in [6.07, 6.45) is -0.242. The first-order valence-corrected chi connectivity index (χ1v) is 5.77. The van der Waals surface area contributed by atoms with Crippen LogP contribution < -0.4 is 0 Å². The quantitative estimate of drug-likeness (QED) is 0.773. The molecule has 0 aliphatic rings. The smallest absolute Gasteiger partial charge is 0.167 e. The number of halogens is 4. The van der Waals surface area contributed by atoms with Crippen LogP contribution in [0, 0.1) is 17.5 Å². The molecular formula is C14H8ClF3O. The third kappa shape index (κ3) is 3.15. The number of carbonyl (C=O) groups excluding carboxylic acids is 1. The number of carbonyl (C=O) groups is 1. The van der Waals surface area contributed by atoms with E-state index >= 15 is 0 Å². The van der Waals surface area contributed by atoms with E-state index in [0.717, 1.165) is 24.3 Å². The van der Waals surface area contributed by atoms with E-state index in [9.17, 15) is 18.0 Å². The fourth-order valence-electron chi connectivity index (χ4n) is 1.61. The molecule has 0 saturated carbocycles. The molecular weight excluding hydrogens is 277 g/mol. The third-order valence-electron chi connectivity index (χ3n) is 2.61. The summed E-state index contributed by atoms with van der Waals surface area (Å²) in [5.74, 6) is -3.25. The molecule has 2 aromatic rings. The molecule has 0 N–H and O–H groups in total. The third-order valence-corrected chi connectivity index (χ3v) is 2.84. The Morgan fingerprint density at radius 3 is 2.32 bits per heavy atom. The highest BCUT2D eigenvalue weighted by atomic mass is 35.5. The van der Waals surface area contributed by atoms with Gasteiger partial charge in [0.15, 0.2) is 17.4 Å². The number of hydrogen-bond acceptors (Lipinski definition) is 1. The van der Waals surface area contributed by atoms with Crippen molar-refractivity contribution in [1.82, 2.24) is 0 Å². The number of Topliss-reactive ketones (excluding diaryl/α,β-unsaturated/α-hetero) is 1. The fraction of sp³-hybridized carbons (Fsp3) is 0.0714. The zero-order valence-electron chi connectivity index (χ0n) is 9.59. The summed E-state index contributed by atoms with van der Waals surface area (Å²) in [7, 11) is 0. The van der Waals surface area contributed by atoms with E-state index in [2.05, 4.69) is 0 Å². The van der Waals surface area contributed by atoms with Crippen LogP contribution in [0.5, 0.6) is 0 Å². The summed E-state index contributed by atoms with van der Waals surface area (Å²) in [6.45, 7) is 0. The first-order chi connectivity index (χ1) is 8.97. The van der Waals surface area contributed by atoms with Crippen LogP contribution in [0.2, 0.25) is 5.02 Å². The zero-order valence-corrected chi connectivity index (χ0v) is 10.3. The average molecular weight is 285 g/mol. The standard InChI is InChI=1S/C14H8ClF3O/c15-10-3-1-8(12(17)7-10)6-14(19)9-2-4-11(16)13(18)5-9/h1-5,7H,6H2. The highest BCUT2D eigenvalue weighted by Crippen LogP contribution is 2.17. The lowest BCUT2D eigenvalue weighted by Gasteiger charge is -2.04. The zero-order chi connectivity index (χ0) is 14.0. The largest absolute Gasteiger partial charge is 0.294 e. The molecule has 19 heavy (non-hydrogen) atoms. The van der Waals surface area contributed by atoms with Crippen molar-refractivity contribution in [3.05, 3.63) is 70.0 Å². The highest BCUT2D eigenvalue weighted by Gasteiger charge is 2.13. The van der Waals surface area contributed by atoms with Crippen LogP contribution in [0.4, 0.5) is 13.2 Å². The number of rotatable bonds is 3. The lowest BCUT2D eigenvalue weighted by molar-refractivity contribution is 0.0991. The molecule has 0 fully saturated rings. The van der Waals surface area contributed by atoms with Gasteiger partial charge in [0.1, 0.15) is 5.82 Å². The maximum atomic E-state index is 13.5. The van der Waals surface area contributed by atoms with Gasteiger partial charge in [-0.3, -0.25) is 4.79 Å². The van der Waals surface area contributed by atoms with Gasteiger partial charge < -0.3 is 0 Å². The molecule has 5 heteroatoms. The Balaban J connectivity index is 2.23. The Kier molecular flexibility index (Phi) is 3.90. The van der Waals surface area contributed by atoms with Crippen LogP contribution in [-0.4, -0.2) is 5.78 Å². The van der Waals surface area contributed by atoms with E-state index in [0.29, 0.717) is 0 Å². The number of ketones is 1. The molecule has 0 heterocycles. The summed E-state index contributed by atoms with van der Waals surface area (Å²) < 4.78 is 39.2. The molecule has 0 atom stereocenters. The van der Waals surface area contributed by atoms with E-state index in [1.807, 2.05) is 0 Å². The monoisotopic (exact) mass is 284 g/mol. The molecule has 2 aromatic carbocycles. The van der Waals surface area contributed by atoms with Crippen molar-refractivity contribution in [3.63, 3.8) is 0 Å². The average Bonchev–Trinajstić information content (AvgIpc) is 2.36. The van der Waals surface area contributed by atoms with Gasteiger partial charge in [-0.2, -0.15) is 0 Å². The van der Waals surface area contributed by atoms with Gasteiger partial charge in [-0.05, 0) is 35.9 Å². The van der Waals surface area contributed by atoms with Gasteiger partial charge in [0.05, 0.1) is 0 Å². The molecule has 0 bridgehead atoms. The summed E-state index contributed by atoms with van der Waals surface area (Å²) in [4.78, 5) is 11.8. The Labute approximate surface area is 112 Å². The summed E-state index contributed by atoms with van der Waals surface area (Å²) >= 11 is 5.59. The second-order valence-corrected chi connectivity index (χ2v) is 4.40. The van der Waals surface area contributed by atoms with Gasteiger partial charge in [0, 0.05) is 17.0 Å². The summed E-state index contributed by atoms with van der Waals surface area (Å²) in [5, 5.41) is 0.224. The molecule has 0 radical (unpaired) electrons. The molecule has 0 spiro atoms. The topological polar surface area (TPSA) is 17.1 Å². The number of hydrogen-bond donors (Lipinski definition) is 0. The fourth-order valence-corrected chi connectivity index (χ4v) is 1.77. The molecule has 0 unspecified atom stereocenters. The maximum Gasteiger partial charge on any atom is 0.167 e. The second kappa shape index (κ2) is 5.45. The van der Waals surface area contributed by atoms with Crippen molar-refractivity contribution in [1.29, 1.82) is 0 Å². The van der Waals surface area contributed by atoms with Crippen molar-refractivity contribution in [2.75, 3.05) is 0 Å². The van der Waals surface area contributed by atoms with Crippen LogP contribution in [0.15, 0.2) is 36.4 Å². The molecule has 1 nitrogen and oxygen atoms in total. The predicted octanol–water partition coefficient (Wildman–Crippen LogP) is 4.18. The van der Waals surface area contributed by atoms with Crippen molar-refractivity contribution in [2.45, 2.75) is 6.42 Å². The van der Waals surface area contributed by atoms with Crippen molar-refractivity contribution in [3.8, 4) is 0 Å². The van der Waals surface area contributed by atoms with Gasteiger partial charge in [0.2, 0.25) is 0 Å². The van der Waals surface area contributed by atoms with Crippen LogP contribution in [0.3, 0.4) is 0 Å². The van der Waals surface area contributed by atoms with E-state index in [1.165, 1.54) is 12.1 Å². The second-order valence-electron chi connectivity index (χ2n) is 3.96. The van der Waals surface area contributed by atoms with E-state index in [1.54, 1.807) is 0 Å². The lowest BCUT2D eigenvalue weighted by Crippen LogP contribution is -2.06. The minimum absolute atomic E-state index is 0.00625. The van der Waals surface area contributed by atoms with E-state index < -0.39 is 23.2 Å². The Hall–Kier alpha value is -1.81. The molecule has 2 rings (SSSR count). The van der Waals surface area contributed by atoms with Crippen LogP contribution in [0.1, 0.15) is 15.9 Å². The van der Waals surface area contributed by atoms with Crippen molar-refractivity contribution >= 4 is 17.4 Å². The lowest BCUT2D eigenvalue weighted by atomic mass is 10.0. The molecule has 0 aliphatic carbocycles. The molecule has 0 aliphatic heterocycles. The Bertz CT molecular complexity index is 641. The predicted molar refractivity (Wildman–Crippen MR) is 65.8 cm³/mol. The van der Waals surface area contributed by atoms with E-state index in [4.69, 9.17) is 11.6 Å². The van der Waals surface area contributed by atoms with Gasteiger partial charge >= 0.3 is 0 Å². The van der Waals surface area contributed by atoms with Crippen LogP contribution >= 0.6 is 11.6 Å². The molecule has 98 valence electrons. The SMILES string of the molecule is O=C(Cc1ccc(Cl)cc1F)c1ccc(F)c(F)c1. The van der Waals surface area contributed by atoms with Gasteiger partial charge in [-0.1, -0.05) is 17.7 Å². The normalized spacial score (nSPS) is 10.5. The minimum Gasteiger partial charge on any atom is -0.294 e. The van der Waals surface area contributed by atoms with Crippen LogP contribution in [0.25, 0.3) is 0 Å². The van der Waals surface area contributed by atoms with Gasteiger partial charge in [0.25, 0.3) is 0 Å². The van der Waals surface area contributed by atoms with Crippen molar-refractivity contribution < 1.29 is 18.0 Å². The first kappa shape index (κ1) is 13.6. The Morgan fingerprint density at radius 1 is 0.947 bits per heavy atom. The van der Waals surface area contributed by atoms with Crippen molar-refractivity contribution in [2.24, 2.45) is 0 Å². The van der Waals surface area contributed by atoms with Crippen LogP contribution in [-0.2, 0) is 6.42 Å². The first-order valence-electron chi connectivity index (χ1n) is 5.39.